The topological polar surface area (TPSA) is 71.1 Å². The van der Waals surface area contributed by atoms with Gasteiger partial charge in [-0.1, -0.05) is 11.6 Å². The number of urea groups is 1. The second kappa shape index (κ2) is 7.94. The van der Waals surface area contributed by atoms with Crippen molar-refractivity contribution < 1.29 is 19.1 Å². The number of hydrogen-bond donors (Lipinski definition) is 1. The van der Waals surface area contributed by atoms with Gasteiger partial charge in [0, 0.05) is 37.1 Å². The van der Waals surface area contributed by atoms with Gasteiger partial charge in [0.2, 0.25) is 5.91 Å². The Balaban J connectivity index is 1.26. The van der Waals surface area contributed by atoms with Gasteiger partial charge in [0.15, 0.2) is 0 Å². The Morgan fingerprint density at radius 1 is 1.19 bits per heavy atom. The molecular formula is C19H24ClN3O4. The summed E-state index contributed by atoms with van der Waals surface area (Å²) >= 11 is 5.88. The first-order valence-corrected chi connectivity index (χ1v) is 9.79. The van der Waals surface area contributed by atoms with Crippen LogP contribution in [0, 0.1) is 5.92 Å². The van der Waals surface area contributed by atoms with E-state index in [0.29, 0.717) is 37.2 Å². The lowest BCUT2D eigenvalue weighted by atomic mass is 10.0. The number of hydrogen-bond acceptors (Lipinski definition) is 4. The van der Waals surface area contributed by atoms with Crippen molar-refractivity contribution >= 4 is 23.5 Å². The zero-order valence-electron chi connectivity index (χ0n) is 15.1. The third-order valence-electron chi connectivity index (χ3n) is 5.45. The summed E-state index contributed by atoms with van der Waals surface area (Å²) in [5.74, 6) is 1.00. The van der Waals surface area contributed by atoms with E-state index >= 15 is 0 Å². The fourth-order valence-electron chi connectivity index (χ4n) is 3.96. The van der Waals surface area contributed by atoms with Crippen molar-refractivity contribution in [3.05, 3.63) is 29.3 Å². The van der Waals surface area contributed by atoms with E-state index in [-0.39, 0.29) is 30.7 Å². The summed E-state index contributed by atoms with van der Waals surface area (Å²) in [6, 6.07) is 7.26. The van der Waals surface area contributed by atoms with Gasteiger partial charge in [-0.3, -0.25) is 4.79 Å². The fraction of sp³-hybridized carbons (Fsp3) is 0.579. The van der Waals surface area contributed by atoms with Gasteiger partial charge >= 0.3 is 6.03 Å². The molecule has 8 heteroatoms. The van der Waals surface area contributed by atoms with Crippen molar-refractivity contribution in [2.45, 2.75) is 25.0 Å². The fourth-order valence-corrected chi connectivity index (χ4v) is 4.09. The number of carbonyl (C=O) groups excluding carboxylic acids is 2. The zero-order valence-corrected chi connectivity index (χ0v) is 15.9. The summed E-state index contributed by atoms with van der Waals surface area (Å²) in [6.45, 7) is 3.31. The smallest absolute Gasteiger partial charge is 0.320 e. The Morgan fingerprint density at radius 2 is 1.93 bits per heavy atom. The summed E-state index contributed by atoms with van der Waals surface area (Å²) in [6.07, 6.45) is 1.71. The van der Waals surface area contributed by atoms with E-state index < -0.39 is 0 Å². The van der Waals surface area contributed by atoms with E-state index in [2.05, 4.69) is 5.32 Å². The molecule has 0 aliphatic carbocycles. The second-order valence-corrected chi connectivity index (χ2v) is 7.84. The third kappa shape index (κ3) is 4.30. The van der Waals surface area contributed by atoms with Gasteiger partial charge < -0.3 is 24.6 Å². The number of nitrogens with zero attached hydrogens (tertiary/aromatic N) is 2. The summed E-state index contributed by atoms with van der Waals surface area (Å²) in [4.78, 5) is 28.1. The molecular weight excluding hydrogens is 370 g/mol. The quantitative estimate of drug-likeness (QED) is 0.849. The Morgan fingerprint density at radius 3 is 2.74 bits per heavy atom. The highest BCUT2D eigenvalue weighted by Gasteiger charge is 2.38. The normalized spacial score (nSPS) is 27.9. The van der Waals surface area contributed by atoms with Gasteiger partial charge in [-0.25, -0.2) is 4.79 Å². The molecule has 0 spiro atoms. The molecule has 0 bridgehead atoms. The Labute approximate surface area is 163 Å². The Hall–Kier alpha value is -1.99. The molecule has 3 aliphatic heterocycles. The molecule has 3 amide bonds. The number of fused-ring (bicyclic) bond motifs is 1. The molecule has 3 heterocycles. The monoisotopic (exact) mass is 393 g/mol. The minimum Gasteiger partial charge on any atom is -0.493 e. The molecule has 3 fully saturated rings. The van der Waals surface area contributed by atoms with Gasteiger partial charge in [0.05, 0.1) is 18.8 Å². The van der Waals surface area contributed by atoms with Crippen LogP contribution in [0.1, 0.15) is 12.8 Å². The van der Waals surface area contributed by atoms with Gasteiger partial charge in [-0.2, -0.15) is 0 Å². The first kappa shape index (κ1) is 18.4. The molecule has 0 aromatic heterocycles. The maximum absolute atomic E-state index is 12.9. The number of likely N-dealkylation sites (tertiary alicyclic amines) is 2. The minimum absolute atomic E-state index is 0.0193. The Bertz CT molecular complexity index is 699. The number of carbonyl (C=O) groups is 2. The maximum atomic E-state index is 12.9. The van der Waals surface area contributed by atoms with Gasteiger partial charge in [-0.05, 0) is 37.1 Å². The SMILES string of the molecule is O=C1CO[C@H]2CCN(C(=O)N3CCC(COc4ccc(Cl)cc4)C3)C[C@H]2N1. The van der Waals surface area contributed by atoms with Crippen molar-refractivity contribution in [1.82, 2.24) is 15.1 Å². The molecule has 0 saturated carbocycles. The summed E-state index contributed by atoms with van der Waals surface area (Å²) in [7, 11) is 0. The van der Waals surface area contributed by atoms with Crippen LogP contribution in [0.25, 0.3) is 0 Å². The first-order valence-electron chi connectivity index (χ1n) is 9.41. The molecule has 7 nitrogen and oxygen atoms in total. The lowest BCUT2D eigenvalue weighted by Crippen LogP contribution is -2.62. The number of morpholine rings is 1. The molecule has 4 rings (SSSR count). The molecule has 3 saturated heterocycles. The number of benzene rings is 1. The van der Waals surface area contributed by atoms with Crippen LogP contribution in [0.4, 0.5) is 4.79 Å². The highest BCUT2D eigenvalue weighted by atomic mass is 35.5. The molecule has 3 aliphatic rings. The molecule has 1 aromatic rings. The van der Waals surface area contributed by atoms with Crippen molar-refractivity contribution in [3.63, 3.8) is 0 Å². The predicted octanol–water partition coefficient (Wildman–Crippen LogP) is 1.75. The highest BCUT2D eigenvalue weighted by molar-refractivity contribution is 6.30. The van der Waals surface area contributed by atoms with Crippen LogP contribution in [-0.2, 0) is 9.53 Å². The zero-order chi connectivity index (χ0) is 18.8. The summed E-state index contributed by atoms with van der Waals surface area (Å²) in [5.41, 5.74) is 0. The molecule has 0 radical (unpaired) electrons. The number of amides is 3. The maximum Gasteiger partial charge on any atom is 0.320 e. The van der Waals surface area contributed by atoms with E-state index in [4.69, 9.17) is 21.1 Å². The van der Waals surface area contributed by atoms with Crippen LogP contribution < -0.4 is 10.1 Å². The van der Waals surface area contributed by atoms with E-state index in [1.54, 1.807) is 12.1 Å². The molecule has 1 aromatic carbocycles. The molecule has 3 atom stereocenters. The average Bonchev–Trinajstić information content (AvgIpc) is 3.15. The van der Waals surface area contributed by atoms with E-state index in [9.17, 15) is 9.59 Å². The number of rotatable bonds is 3. The number of halogens is 1. The van der Waals surface area contributed by atoms with Crippen LogP contribution in [0.3, 0.4) is 0 Å². The van der Waals surface area contributed by atoms with Gasteiger partial charge in [-0.15, -0.1) is 0 Å². The van der Waals surface area contributed by atoms with Crippen LogP contribution in [-0.4, -0.2) is 73.3 Å². The molecule has 1 unspecified atom stereocenters. The third-order valence-corrected chi connectivity index (χ3v) is 5.70. The van der Waals surface area contributed by atoms with Crippen LogP contribution >= 0.6 is 11.6 Å². The lowest BCUT2D eigenvalue weighted by molar-refractivity contribution is -0.139. The van der Waals surface area contributed by atoms with Gasteiger partial charge in [0.25, 0.3) is 0 Å². The first-order chi connectivity index (χ1) is 13.1. The van der Waals surface area contributed by atoms with Crippen molar-refractivity contribution in [1.29, 1.82) is 0 Å². The van der Waals surface area contributed by atoms with E-state index in [0.717, 1.165) is 25.1 Å². The van der Waals surface area contributed by atoms with E-state index in [1.165, 1.54) is 0 Å². The molecule has 27 heavy (non-hydrogen) atoms. The second-order valence-electron chi connectivity index (χ2n) is 7.41. The number of ether oxygens (including phenoxy) is 2. The van der Waals surface area contributed by atoms with Crippen LogP contribution in [0.5, 0.6) is 5.75 Å². The van der Waals surface area contributed by atoms with Crippen LogP contribution in [0.2, 0.25) is 5.02 Å². The van der Waals surface area contributed by atoms with Crippen molar-refractivity contribution in [2.75, 3.05) is 39.4 Å². The lowest BCUT2D eigenvalue weighted by Gasteiger charge is -2.42. The molecule has 146 valence electrons. The van der Waals surface area contributed by atoms with E-state index in [1.807, 2.05) is 21.9 Å². The molecule has 1 N–H and O–H groups in total. The predicted molar refractivity (Wildman–Crippen MR) is 99.9 cm³/mol. The van der Waals surface area contributed by atoms with Crippen LogP contribution in [0.15, 0.2) is 24.3 Å². The Kier molecular flexibility index (Phi) is 5.41. The number of nitrogens with one attached hydrogen (secondary N) is 1. The summed E-state index contributed by atoms with van der Waals surface area (Å²) in [5, 5.41) is 3.62. The summed E-state index contributed by atoms with van der Waals surface area (Å²) < 4.78 is 11.4. The standard InChI is InChI=1S/C19H24ClN3O4/c20-14-1-3-15(4-2-14)26-11-13-5-7-22(9-13)19(25)23-8-6-17-16(10-23)21-18(24)12-27-17/h1-4,13,16-17H,5-12H2,(H,21,24)/t13?,16-,17+/m1/s1. The minimum atomic E-state index is -0.105. The van der Waals surface area contributed by atoms with Gasteiger partial charge in [0.1, 0.15) is 12.4 Å². The van der Waals surface area contributed by atoms with Crippen molar-refractivity contribution in [3.8, 4) is 5.75 Å². The highest BCUT2D eigenvalue weighted by Crippen LogP contribution is 2.23. The largest absolute Gasteiger partial charge is 0.493 e. The average molecular weight is 394 g/mol. The van der Waals surface area contributed by atoms with Crippen molar-refractivity contribution in [2.24, 2.45) is 5.92 Å². The number of piperidine rings is 1.